The van der Waals surface area contributed by atoms with Gasteiger partial charge in [-0.3, -0.25) is 4.79 Å². The fourth-order valence-electron chi connectivity index (χ4n) is 3.28. The molecular formula is C20H25N3O2. The van der Waals surface area contributed by atoms with Crippen LogP contribution in [0.2, 0.25) is 0 Å². The van der Waals surface area contributed by atoms with Crippen molar-refractivity contribution >= 4 is 5.91 Å². The van der Waals surface area contributed by atoms with Gasteiger partial charge >= 0.3 is 6.01 Å². The lowest BCUT2D eigenvalue weighted by Crippen LogP contribution is -2.40. The number of hydrogen-bond acceptors (Lipinski definition) is 4. The van der Waals surface area contributed by atoms with Gasteiger partial charge in [-0.1, -0.05) is 30.3 Å². The highest BCUT2D eigenvalue weighted by atomic mass is 16.5. The molecule has 0 radical (unpaired) electrons. The maximum Gasteiger partial charge on any atom is 0.317 e. The minimum Gasteiger partial charge on any atom is -0.460 e. The van der Waals surface area contributed by atoms with Crippen molar-refractivity contribution in [2.45, 2.75) is 58.1 Å². The molecule has 0 saturated heterocycles. The van der Waals surface area contributed by atoms with Gasteiger partial charge in [-0.2, -0.15) is 0 Å². The summed E-state index contributed by atoms with van der Waals surface area (Å²) in [6.07, 6.45) is 4.24. The van der Waals surface area contributed by atoms with Crippen LogP contribution >= 0.6 is 0 Å². The smallest absolute Gasteiger partial charge is 0.317 e. The molecule has 1 aromatic carbocycles. The molecule has 0 unspecified atom stereocenters. The number of ether oxygens (including phenoxy) is 1. The van der Waals surface area contributed by atoms with Crippen molar-refractivity contribution in [3.8, 4) is 6.01 Å². The normalized spacial score (nSPS) is 20.1. The lowest BCUT2D eigenvalue weighted by molar-refractivity contribution is -0.121. The summed E-state index contributed by atoms with van der Waals surface area (Å²) in [4.78, 5) is 20.8. The van der Waals surface area contributed by atoms with Crippen molar-refractivity contribution < 1.29 is 9.53 Å². The summed E-state index contributed by atoms with van der Waals surface area (Å²) in [5, 5.41) is 3.14. The first-order chi connectivity index (χ1) is 12.1. The Morgan fingerprint density at radius 3 is 2.36 bits per heavy atom. The summed E-state index contributed by atoms with van der Waals surface area (Å²) >= 11 is 0. The first-order valence-electron chi connectivity index (χ1n) is 8.91. The fraction of sp³-hybridized carbons (Fsp3) is 0.450. The minimum atomic E-state index is 0.0909. The Kier molecular flexibility index (Phi) is 5.64. The van der Waals surface area contributed by atoms with Gasteiger partial charge in [-0.15, -0.1) is 0 Å². The molecule has 25 heavy (non-hydrogen) atoms. The second kappa shape index (κ2) is 8.10. The number of benzene rings is 1. The molecule has 1 N–H and O–H groups in total. The number of nitrogens with one attached hydrogen (secondary N) is 1. The second-order valence-corrected chi connectivity index (χ2v) is 6.75. The third kappa shape index (κ3) is 5.28. The predicted molar refractivity (Wildman–Crippen MR) is 96.5 cm³/mol. The lowest BCUT2D eigenvalue weighted by Gasteiger charge is -2.29. The van der Waals surface area contributed by atoms with Gasteiger partial charge in [0.15, 0.2) is 0 Å². The fourth-order valence-corrected chi connectivity index (χ4v) is 3.28. The van der Waals surface area contributed by atoms with Crippen LogP contribution < -0.4 is 10.1 Å². The molecule has 1 aliphatic rings. The van der Waals surface area contributed by atoms with Crippen LogP contribution in [0.3, 0.4) is 0 Å². The van der Waals surface area contributed by atoms with E-state index in [2.05, 4.69) is 15.3 Å². The molecule has 0 spiro atoms. The summed E-state index contributed by atoms with van der Waals surface area (Å²) in [6.45, 7) is 3.89. The van der Waals surface area contributed by atoms with Crippen molar-refractivity contribution in [3.05, 3.63) is 53.3 Å². The molecule has 1 heterocycles. The summed E-state index contributed by atoms with van der Waals surface area (Å²) in [5.74, 6) is 0.0909. The largest absolute Gasteiger partial charge is 0.460 e. The summed E-state index contributed by atoms with van der Waals surface area (Å²) in [6, 6.07) is 12.5. The van der Waals surface area contributed by atoms with E-state index >= 15 is 0 Å². The van der Waals surface area contributed by atoms with Crippen LogP contribution in [0.4, 0.5) is 0 Å². The van der Waals surface area contributed by atoms with E-state index in [-0.39, 0.29) is 18.1 Å². The molecule has 1 aliphatic carbocycles. The summed E-state index contributed by atoms with van der Waals surface area (Å²) < 4.78 is 5.93. The van der Waals surface area contributed by atoms with Crippen molar-refractivity contribution in [3.63, 3.8) is 0 Å². The van der Waals surface area contributed by atoms with Crippen LogP contribution in [-0.4, -0.2) is 28.0 Å². The molecule has 1 saturated carbocycles. The molecule has 1 aromatic heterocycles. The standard InChI is InChI=1S/C20H25N3O2/c1-14-12-15(2)22-20(21-14)25-18-10-8-17(9-11-18)23-19(24)13-16-6-4-3-5-7-16/h3-7,12,17-18H,8-11,13H2,1-2H3,(H,23,24). The molecule has 5 nitrogen and oxygen atoms in total. The zero-order valence-corrected chi connectivity index (χ0v) is 14.9. The van der Waals surface area contributed by atoms with Crippen LogP contribution in [0, 0.1) is 13.8 Å². The van der Waals surface area contributed by atoms with Gasteiger partial charge in [0.05, 0.1) is 6.42 Å². The van der Waals surface area contributed by atoms with Crippen molar-refractivity contribution in [2.75, 3.05) is 0 Å². The highest BCUT2D eigenvalue weighted by Gasteiger charge is 2.24. The number of nitrogens with zero attached hydrogens (tertiary/aromatic N) is 2. The summed E-state index contributed by atoms with van der Waals surface area (Å²) in [5.41, 5.74) is 2.89. The minimum absolute atomic E-state index is 0.0909. The first kappa shape index (κ1) is 17.4. The van der Waals surface area contributed by atoms with Gasteiger partial charge in [-0.25, -0.2) is 9.97 Å². The van der Waals surface area contributed by atoms with Crippen LogP contribution in [0.1, 0.15) is 42.6 Å². The van der Waals surface area contributed by atoms with Crippen molar-refractivity contribution in [1.82, 2.24) is 15.3 Å². The number of aryl methyl sites for hydroxylation is 2. The predicted octanol–water partition coefficient (Wildman–Crippen LogP) is 3.14. The Morgan fingerprint density at radius 1 is 1.08 bits per heavy atom. The SMILES string of the molecule is Cc1cc(C)nc(OC2CCC(NC(=O)Cc3ccccc3)CC2)n1. The zero-order chi connectivity index (χ0) is 17.6. The lowest BCUT2D eigenvalue weighted by atomic mass is 9.93. The van der Waals surface area contributed by atoms with Crippen LogP contribution in [-0.2, 0) is 11.2 Å². The summed E-state index contributed by atoms with van der Waals surface area (Å²) in [7, 11) is 0. The Labute approximate surface area is 148 Å². The van der Waals surface area contributed by atoms with E-state index in [0.29, 0.717) is 12.4 Å². The van der Waals surface area contributed by atoms with E-state index in [0.717, 1.165) is 42.6 Å². The zero-order valence-electron chi connectivity index (χ0n) is 14.9. The molecule has 0 atom stereocenters. The maximum atomic E-state index is 12.2. The van der Waals surface area contributed by atoms with Crippen LogP contribution in [0.25, 0.3) is 0 Å². The monoisotopic (exact) mass is 339 g/mol. The van der Waals surface area contributed by atoms with E-state index in [4.69, 9.17) is 4.74 Å². The van der Waals surface area contributed by atoms with Gasteiger partial charge < -0.3 is 10.1 Å². The molecule has 1 fully saturated rings. The van der Waals surface area contributed by atoms with E-state index in [1.807, 2.05) is 50.2 Å². The molecule has 1 amide bonds. The molecule has 3 rings (SSSR count). The highest BCUT2D eigenvalue weighted by Crippen LogP contribution is 2.22. The maximum absolute atomic E-state index is 12.2. The average molecular weight is 339 g/mol. The molecule has 132 valence electrons. The molecule has 2 aromatic rings. The molecular weight excluding hydrogens is 314 g/mol. The highest BCUT2D eigenvalue weighted by molar-refractivity contribution is 5.78. The molecule has 0 bridgehead atoms. The van der Waals surface area contributed by atoms with Gasteiger partial charge in [-0.05, 0) is 51.2 Å². The quantitative estimate of drug-likeness (QED) is 0.909. The third-order valence-electron chi connectivity index (χ3n) is 4.48. The molecule has 5 heteroatoms. The Hall–Kier alpha value is -2.43. The molecule has 0 aliphatic heterocycles. The number of aromatic nitrogens is 2. The first-order valence-corrected chi connectivity index (χ1v) is 8.91. The second-order valence-electron chi connectivity index (χ2n) is 6.75. The number of amides is 1. The van der Waals surface area contributed by atoms with E-state index in [9.17, 15) is 4.79 Å². The number of rotatable bonds is 5. The Balaban J connectivity index is 1.44. The third-order valence-corrected chi connectivity index (χ3v) is 4.48. The van der Waals surface area contributed by atoms with Gasteiger partial charge in [0.25, 0.3) is 0 Å². The van der Waals surface area contributed by atoms with Crippen LogP contribution in [0.15, 0.2) is 36.4 Å². The van der Waals surface area contributed by atoms with E-state index in [1.54, 1.807) is 0 Å². The van der Waals surface area contributed by atoms with E-state index < -0.39 is 0 Å². The topological polar surface area (TPSA) is 64.1 Å². The van der Waals surface area contributed by atoms with E-state index in [1.165, 1.54) is 0 Å². The van der Waals surface area contributed by atoms with Crippen molar-refractivity contribution in [2.24, 2.45) is 0 Å². The van der Waals surface area contributed by atoms with Gasteiger partial charge in [0.1, 0.15) is 6.10 Å². The average Bonchev–Trinajstić information content (AvgIpc) is 2.56. The number of carbonyl (C=O) groups excluding carboxylic acids is 1. The number of hydrogen-bond donors (Lipinski definition) is 1. The van der Waals surface area contributed by atoms with Gasteiger partial charge in [0, 0.05) is 17.4 Å². The Morgan fingerprint density at radius 2 is 1.72 bits per heavy atom. The van der Waals surface area contributed by atoms with Crippen LogP contribution in [0.5, 0.6) is 6.01 Å². The van der Waals surface area contributed by atoms with Gasteiger partial charge in [0.2, 0.25) is 5.91 Å². The number of carbonyl (C=O) groups is 1. The van der Waals surface area contributed by atoms with Crippen molar-refractivity contribution in [1.29, 1.82) is 0 Å². The Bertz CT molecular complexity index is 690.